The fourth-order valence-corrected chi connectivity index (χ4v) is 3.52. The number of pyridine rings is 1. The van der Waals surface area contributed by atoms with Crippen LogP contribution in [0.1, 0.15) is 30.1 Å². The molecule has 7 heteroatoms. The highest BCUT2D eigenvalue weighted by Crippen LogP contribution is 2.38. The number of para-hydroxylation sites is 1. The molecule has 1 heterocycles. The lowest BCUT2D eigenvalue weighted by Gasteiger charge is -2.22. The molecule has 0 N–H and O–H groups in total. The van der Waals surface area contributed by atoms with Crippen LogP contribution in [0.25, 0.3) is 10.9 Å². The zero-order valence-corrected chi connectivity index (χ0v) is 14.6. The van der Waals surface area contributed by atoms with Crippen molar-refractivity contribution in [2.24, 2.45) is 0 Å². The normalized spacial score (nSPS) is 11.8. The predicted molar refractivity (Wildman–Crippen MR) is 92.1 cm³/mol. The molecule has 3 nitrogen and oxygen atoms in total. The van der Waals surface area contributed by atoms with E-state index in [1.54, 1.807) is 43.3 Å². The van der Waals surface area contributed by atoms with Crippen LogP contribution in [0.5, 0.6) is 0 Å². The van der Waals surface area contributed by atoms with Crippen LogP contribution >= 0.6 is 11.8 Å². The van der Waals surface area contributed by atoms with Gasteiger partial charge in [0.15, 0.2) is 0 Å². The zero-order chi connectivity index (χ0) is 17.9. The standard InChI is InChI=1S/C17H19F3N2OS/c1-4-5-10-24-16-13(15(23)17(18,19)20)14(22(2)3)11-8-6-7-9-12(11)21-16/h6-9H,4-5,10H2,1-3H3. The molecule has 0 fully saturated rings. The SMILES string of the molecule is CCCCSc1nc2ccccc2c(N(C)C)c1C(=O)C(F)(F)F. The summed E-state index contributed by atoms with van der Waals surface area (Å²) in [5, 5.41) is 0.683. The minimum atomic E-state index is -4.94. The van der Waals surface area contributed by atoms with Gasteiger partial charge in [0.2, 0.25) is 0 Å². The Morgan fingerprint density at radius 3 is 2.50 bits per heavy atom. The summed E-state index contributed by atoms with van der Waals surface area (Å²) in [6.07, 6.45) is -3.17. The molecule has 0 amide bonds. The number of alkyl halides is 3. The monoisotopic (exact) mass is 356 g/mol. The third-order valence-electron chi connectivity index (χ3n) is 3.50. The Hall–Kier alpha value is -1.76. The molecule has 2 aromatic rings. The van der Waals surface area contributed by atoms with Crippen LogP contribution in [0.2, 0.25) is 0 Å². The largest absolute Gasteiger partial charge is 0.455 e. The van der Waals surface area contributed by atoms with Gasteiger partial charge in [-0.15, -0.1) is 11.8 Å². The van der Waals surface area contributed by atoms with Gasteiger partial charge in [0.1, 0.15) is 5.03 Å². The number of benzene rings is 1. The first-order chi connectivity index (χ1) is 11.3. The van der Waals surface area contributed by atoms with Crippen LogP contribution in [-0.2, 0) is 0 Å². The second-order valence-corrected chi connectivity index (χ2v) is 6.66. The molecule has 130 valence electrons. The Bertz CT molecular complexity index is 744. The van der Waals surface area contributed by atoms with Crippen molar-refractivity contribution in [3.8, 4) is 0 Å². The van der Waals surface area contributed by atoms with E-state index < -0.39 is 12.0 Å². The van der Waals surface area contributed by atoms with Gasteiger partial charge in [0, 0.05) is 19.5 Å². The predicted octanol–water partition coefficient (Wildman–Crippen LogP) is 4.94. The summed E-state index contributed by atoms with van der Waals surface area (Å²) in [5.74, 6) is -1.23. The second-order valence-electron chi connectivity index (χ2n) is 5.58. The number of Topliss-reactive ketones (excluding diaryl/α,β-unsaturated/α-hetero) is 1. The number of hydrogen-bond acceptors (Lipinski definition) is 4. The first-order valence-corrected chi connectivity index (χ1v) is 8.60. The van der Waals surface area contributed by atoms with E-state index in [0.717, 1.165) is 12.8 Å². The first kappa shape index (κ1) is 18.6. The van der Waals surface area contributed by atoms with Crippen LogP contribution < -0.4 is 4.90 Å². The molecule has 0 spiro atoms. The number of fused-ring (bicyclic) bond motifs is 1. The Labute approximate surface area is 143 Å². The van der Waals surface area contributed by atoms with E-state index in [1.807, 2.05) is 6.92 Å². The Morgan fingerprint density at radius 1 is 1.25 bits per heavy atom. The van der Waals surface area contributed by atoms with Crippen LogP contribution in [0, 0.1) is 0 Å². The van der Waals surface area contributed by atoms with E-state index in [2.05, 4.69) is 4.98 Å². The van der Waals surface area contributed by atoms with E-state index in [9.17, 15) is 18.0 Å². The van der Waals surface area contributed by atoms with Crippen molar-refractivity contribution in [2.75, 3.05) is 24.7 Å². The van der Waals surface area contributed by atoms with Crippen molar-refractivity contribution in [1.29, 1.82) is 0 Å². The van der Waals surface area contributed by atoms with Crippen molar-refractivity contribution in [2.45, 2.75) is 31.0 Å². The Morgan fingerprint density at radius 2 is 1.92 bits per heavy atom. The summed E-state index contributed by atoms with van der Waals surface area (Å²) in [4.78, 5) is 18.0. The fraction of sp³-hybridized carbons (Fsp3) is 0.412. The van der Waals surface area contributed by atoms with E-state index in [4.69, 9.17) is 0 Å². The molecule has 0 aliphatic heterocycles. The highest BCUT2D eigenvalue weighted by molar-refractivity contribution is 7.99. The maximum absolute atomic E-state index is 13.1. The summed E-state index contributed by atoms with van der Waals surface area (Å²) in [5.41, 5.74) is 0.494. The lowest BCUT2D eigenvalue weighted by molar-refractivity contribution is -0.0886. The average molecular weight is 356 g/mol. The maximum atomic E-state index is 13.1. The van der Waals surface area contributed by atoms with Gasteiger partial charge in [-0.05, 0) is 18.2 Å². The van der Waals surface area contributed by atoms with E-state index in [1.165, 1.54) is 11.8 Å². The number of hydrogen-bond donors (Lipinski definition) is 0. The van der Waals surface area contributed by atoms with E-state index >= 15 is 0 Å². The number of carbonyl (C=O) groups is 1. The van der Waals surface area contributed by atoms with Crippen molar-refractivity contribution in [3.05, 3.63) is 29.8 Å². The molecule has 0 saturated heterocycles. The topological polar surface area (TPSA) is 33.2 Å². The van der Waals surface area contributed by atoms with Crippen molar-refractivity contribution in [1.82, 2.24) is 4.98 Å². The number of aromatic nitrogens is 1. The number of ketones is 1. The number of carbonyl (C=O) groups excluding carboxylic acids is 1. The van der Waals surface area contributed by atoms with Gasteiger partial charge in [-0.2, -0.15) is 13.2 Å². The molecule has 0 atom stereocenters. The number of nitrogens with zero attached hydrogens (tertiary/aromatic N) is 2. The van der Waals surface area contributed by atoms with Gasteiger partial charge >= 0.3 is 6.18 Å². The van der Waals surface area contributed by atoms with Crippen LogP contribution in [0.3, 0.4) is 0 Å². The summed E-state index contributed by atoms with van der Waals surface area (Å²) in [6, 6.07) is 6.93. The van der Waals surface area contributed by atoms with Crippen molar-refractivity contribution >= 4 is 34.1 Å². The summed E-state index contributed by atoms with van der Waals surface area (Å²) < 4.78 is 39.4. The third-order valence-corrected chi connectivity index (χ3v) is 4.56. The highest BCUT2D eigenvalue weighted by Gasteiger charge is 2.43. The van der Waals surface area contributed by atoms with Gasteiger partial charge in [-0.1, -0.05) is 31.5 Å². The molecular formula is C17H19F3N2OS. The number of unbranched alkanes of at least 4 members (excludes halogenated alkanes) is 1. The fourth-order valence-electron chi connectivity index (χ4n) is 2.40. The van der Waals surface area contributed by atoms with Crippen LogP contribution in [0.4, 0.5) is 18.9 Å². The first-order valence-electron chi connectivity index (χ1n) is 7.61. The average Bonchev–Trinajstić information content (AvgIpc) is 2.52. The molecule has 0 bridgehead atoms. The van der Waals surface area contributed by atoms with Crippen molar-refractivity contribution in [3.63, 3.8) is 0 Å². The summed E-state index contributed by atoms with van der Waals surface area (Å²) in [6.45, 7) is 2.00. The lowest BCUT2D eigenvalue weighted by atomic mass is 10.0. The Balaban J connectivity index is 2.74. The molecule has 24 heavy (non-hydrogen) atoms. The quantitative estimate of drug-likeness (QED) is 0.417. The lowest BCUT2D eigenvalue weighted by Crippen LogP contribution is -2.27. The third kappa shape index (κ3) is 3.83. The Kier molecular flexibility index (Phi) is 5.74. The van der Waals surface area contributed by atoms with Gasteiger partial charge in [0.05, 0.1) is 16.8 Å². The molecular weight excluding hydrogens is 337 g/mol. The number of thioether (sulfide) groups is 1. The number of rotatable bonds is 6. The van der Waals surface area contributed by atoms with Gasteiger partial charge < -0.3 is 4.90 Å². The molecule has 0 unspecified atom stereocenters. The molecule has 2 rings (SSSR count). The molecule has 1 aromatic heterocycles. The van der Waals surface area contributed by atoms with Gasteiger partial charge in [-0.25, -0.2) is 4.98 Å². The molecule has 0 radical (unpaired) electrons. The minimum Gasteiger partial charge on any atom is -0.376 e. The van der Waals surface area contributed by atoms with Crippen LogP contribution in [0.15, 0.2) is 29.3 Å². The van der Waals surface area contributed by atoms with Crippen molar-refractivity contribution < 1.29 is 18.0 Å². The number of halogens is 3. The minimum absolute atomic E-state index is 0.146. The summed E-state index contributed by atoms with van der Waals surface area (Å²) in [7, 11) is 3.27. The summed E-state index contributed by atoms with van der Waals surface area (Å²) >= 11 is 1.20. The zero-order valence-electron chi connectivity index (χ0n) is 13.8. The highest BCUT2D eigenvalue weighted by atomic mass is 32.2. The van der Waals surface area contributed by atoms with E-state index in [0.29, 0.717) is 16.7 Å². The van der Waals surface area contributed by atoms with Crippen LogP contribution in [-0.4, -0.2) is 36.8 Å². The van der Waals surface area contributed by atoms with Gasteiger partial charge in [0.25, 0.3) is 5.78 Å². The molecule has 1 aromatic carbocycles. The number of anilines is 1. The maximum Gasteiger partial charge on any atom is 0.455 e. The van der Waals surface area contributed by atoms with Gasteiger partial charge in [-0.3, -0.25) is 4.79 Å². The smallest absolute Gasteiger partial charge is 0.376 e. The second kappa shape index (κ2) is 7.42. The molecule has 0 saturated carbocycles. The molecule has 0 aliphatic rings. The van der Waals surface area contributed by atoms with E-state index in [-0.39, 0.29) is 16.3 Å². The molecule has 0 aliphatic carbocycles.